The highest BCUT2D eigenvalue weighted by Gasteiger charge is 2.40. The average molecular weight is 524 g/mol. The second kappa shape index (κ2) is 9.26. The molecule has 1 N–H and O–H groups in total. The minimum atomic E-state index is -0.688. The van der Waals surface area contributed by atoms with Crippen LogP contribution in [0.4, 0.5) is 0 Å². The standard InChI is InChI=1S/C30H26ClN5O2/c1-19-8-11-26-24(14-19)28(20(2)37)27-12-13-30(16-36(26)27,21-6-4-3-5-7-21)34-29(38)23-10-9-22(15-25(23)31)35-17-32-33-18-35/h3-11,14-15,17-18H,12-13,16H2,1-2H3,(H,34,38). The van der Waals surface area contributed by atoms with Crippen molar-refractivity contribution >= 4 is 34.2 Å². The van der Waals surface area contributed by atoms with Gasteiger partial charge in [0.05, 0.1) is 22.7 Å². The molecule has 0 radical (unpaired) electrons. The van der Waals surface area contributed by atoms with E-state index < -0.39 is 5.54 Å². The van der Waals surface area contributed by atoms with E-state index in [9.17, 15) is 9.59 Å². The van der Waals surface area contributed by atoms with Crippen LogP contribution in [0.1, 0.15) is 50.9 Å². The van der Waals surface area contributed by atoms with Crippen molar-refractivity contribution in [3.8, 4) is 5.69 Å². The van der Waals surface area contributed by atoms with Crippen molar-refractivity contribution in [3.63, 3.8) is 0 Å². The van der Waals surface area contributed by atoms with Crippen LogP contribution < -0.4 is 5.32 Å². The molecular weight excluding hydrogens is 498 g/mol. The predicted molar refractivity (Wildman–Crippen MR) is 147 cm³/mol. The van der Waals surface area contributed by atoms with Gasteiger partial charge in [0, 0.05) is 27.8 Å². The first-order valence-electron chi connectivity index (χ1n) is 12.5. The lowest BCUT2D eigenvalue weighted by Crippen LogP contribution is -2.51. The quantitative estimate of drug-likeness (QED) is 0.301. The van der Waals surface area contributed by atoms with Gasteiger partial charge >= 0.3 is 0 Å². The van der Waals surface area contributed by atoms with Gasteiger partial charge in [-0.3, -0.25) is 14.2 Å². The number of rotatable bonds is 5. The van der Waals surface area contributed by atoms with E-state index in [1.54, 1.807) is 36.3 Å². The Kier molecular flexibility index (Phi) is 5.88. The van der Waals surface area contributed by atoms with Crippen LogP contribution >= 0.6 is 11.6 Å². The molecule has 1 amide bonds. The second-order valence-electron chi connectivity index (χ2n) is 9.92. The van der Waals surface area contributed by atoms with Gasteiger partial charge in [0.2, 0.25) is 0 Å². The number of benzene rings is 3. The molecule has 7 nitrogen and oxygen atoms in total. The minimum absolute atomic E-state index is 0.0607. The molecule has 38 heavy (non-hydrogen) atoms. The second-order valence-corrected chi connectivity index (χ2v) is 10.3. The predicted octanol–water partition coefficient (Wildman–Crippen LogP) is 5.66. The molecule has 3 aromatic carbocycles. The summed E-state index contributed by atoms with van der Waals surface area (Å²) < 4.78 is 3.94. The molecule has 0 bridgehead atoms. The highest BCUT2D eigenvalue weighted by atomic mass is 35.5. The fraction of sp³-hybridized carbons (Fsp3) is 0.200. The number of carbonyl (C=O) groups excluding carboxylic acids is 2. The maximum Gasteiger partial charge on any atom is 0.253 e. The maximum absolute atomic E-state index is 13.8. The molecule has 8 heteroatoms. The number of halogens is 1. The van der Waals surface area contributed by atoms with Crippen molar-refractivity contribution in [1.29, 1.82) is 0 Å². The van der Waals surface area contributed by atoms with Gasteiger partial charge in [0.25, 0.3) is 5.91 Å². The van der Waals surface area contributed by atoms with Crippen molar-refractivity contribution in [3.05, 3.63) is 112 Å². The van der Waals surface area contributed by atoms with E-state index >= 15 is 0 Å². The van der Waals surface area contributed by atoms with Crippen LogP contribution in [-0.4, -0.2) is 31.0 Å². The van der Waals surface area contributed by atoms with Crippen molar-refractivity contribution in [2.24, 2.45) is 0 Å². The Balaban J connectivity index is 1.43. The molecule has 2 aromatic heterocycles. The Bertz CT molecular complexity index is 1690. The van der Waals surface area contributed by atoms with Gasteiger partial charge in [-0.1, -0.05) is 53.6 Å². The van der Waals surface area contributed by atoms with Crippen molar-refractivity contribution in [2.45, 2.75) is 38.8 Å². The maximum atomic E-state index is 13.8. The summed E-state index contributed by atoms with van der Waals surface area (Å²) in [6.45, 7) is 4.17. The van der Waals surface area contributed by atoms with Crippen LogP contribution in [0.5, 0.6) is 0 Å². The smallest absolute Gasteiger partial charge is 0.253 e. The fourth-order valence-corrected chi connectivity index (χ4v) is 5.93. The molecule has 1 aliphatic heterocycles. The first kappa shape index (κ1) is 24.1. The first-order chi connectivity index (χ1) is 18.4. The zero-order valence-electron chi connectivity index (χ0n) is 21.1. The van der Waals surface area contributed by atoms with Crippen LogP contribution in [0.25, 0.3) is 16.6 Å². The van der Waals surface area contributed by atoms with Gasteiger partial charge in [-0.2, -0.15) is 0 Å². The molecule has 1 unspecified atom stereocenters. The van der Waals surface area contributed by atoms with Crippen LogP contribution in [0, 0.1) is 6.92 Å². The summed E-state index contributed by atoms with van der Waals surface area (Å²) in [4.78, 5) is 26.5. The number of hydrogen-bond donors (Lipinski definition) is 1. The van der Waals surface area contributed by atoms with E-state index in [0.717, 1.165) is 39.0 Å². The lowest BCUT2D eigenvalue weighted by atomic mass is 9.81. The molecule has 5 aromatic rings. The summed E-state index contributed by atoms with van der Waals surface area (Å²) in [6.07, 6.45) is 4.45. The fourth-order valence-electron chi connectivity index (χ4n) is 5.67. The third kappa shape index (κ3) is 4.00. The van der Waals surface area contributed by atoms with Crippen molar-refractivity contribution in [1.82, 2.24) is 24.6 Å². The number of Topliss-reactive ketones (excluding diaryl/α,β-unsaturated/α-hetero) is 1. The molecule has 0 aliphatic carbocycles. The summed E-state index contributed by atoms with van der Waals surface area (Å²) >= 11 is 6.60. The monoisotopic (exact) mass is 523 g/mol. The summed E-state index contributed by atoms with van der Waals surface area (Å²) in [6, 6.07) is 21.5. The normalized spacial score (nSPS) is 16.8. The van der Waals surface area contributed by atoms with E-state index in [1.165, 1.54) is 0 Å². The van der Waals surface area contributed by atoms with Gasteiger partial charge in [-0.25, -0.2) is 0 Å². The van der Waals surface area contributed by atoms with Gasteiger partial charge < -0.3 is 9.88 Å². The van der Waals surface area contributed by atoms with Crippen LogP contribution in [0.15, 0.2) is 79.4 Å². The SMILES string of the molecule is CC(=O)c1c2n(c3ccc(C)cc13)CC(NC(=O)c1ccc(-n3cnnc3)cc1Cl)(c1ccccc1)CC2. The van der Waals surface area contributed by atoms with Gasteiger partial charge in [0.15, 0.2) is 5.78 Å². The highest BCUT2D eigenvalue weighted by Crippen LogP contribution is 2.40. The number of carbonyl (C=O) groups is 2. The molecule has 0 saturated heterocycles. The third-order valence-electron chi connectivity index (χ3n) is 7.49. The van der Waals surface area contributed by atoms with E-state index in [1.807, 2.05) is 43.3 Å². The molecule has 0 fully saturated rings. The summed E-state index contributed by atoms with van der Waals surface area (Å²) in [5.41, 5.74) is 5.39. The molecular formula is C30H26ClN5O2. The largest absolute Gasteiger partial charge is 0.341 e. The average Bonchev–Trinajstić information content (AvgIpc) is 3.55. The van der Waals surface area contributed by atoms with Crippen LogP contribution in [0.3, 0.4) is 0 Å². The summed E-state index contributed by atoms with van der Waals surface area (Å²) in [7, 11) is 0. The number of ketones is 1. The van der Waals surface area contributed by atoms with Crippen molar-refractivity contribution in [2.75, 3.05) is 0 Å². The van der Waals surface area contributed by atoms with Crippen LogP contribution in [0.2, 0.25) is 5.02 Å². The van der Waals surface area contributed by atoms with E-state index in [-0.39, 0.29) is 11.7 Å². The number of fused-ring (bicyclic) bond motifs is 3. The Morgan fingerprint density at radius 2 is 1.76 bits per heavy atom. The number of amides is 1. The number of aromatic nitrogens is 4. The number of hydrogen-bond acceptors (Lipinski definition) is 4. The lowest BCUT2D eigenvalue weighted by molar-refractivity contribution is 0.0865. The zero-order chi connectivity index (χ0) is 26.4. The van der Waals surface area contributed by atoms with Gasteiger partial charge in [-0.15, -0.1) is 10.2 Å². The van der Waals surface area contributed by atoms with E-state index in [4.69, 9.17) is 11.6 Å². The molecule has 6 rings (SSSR count). The Morgan fingerprint density at radius 3 is 2.47 bits per heavy atom. The van der Waals surface area contributed by atoms with E-state index in [0.29, 0.717) is 30.0 Å². The third-order valence-corrected chi connectivity index (χ3v) is 7.80. The highest BCUT2D eigenvalue weighted by molar-refractivity contribution is 6.34. The summed E-state index contributed by atoms with van der Waals surface area (Å²) in [5, 5.41) is 12.3. The van der Waals surface area contributed by atoms with Crippen molar-refractivity contribution < 1.29 is 9.59 Å². The lowest BCUT2D eigenvalue weighted by Gasteiger charge is -2.40. The molecule has 0 spiro atoms. The first-order valence-corrected chi connectivity index (χ1v) is 12.9. The summed E-state index contributed by atoms with van der Waals surface area (Å²) in [5.74, 6) is -0.192. The molecule has 0 saturated carbocycles. The number of aryl methyl sites for hydroxylation is 1. The zero-order valence-corrected chi connectivity index (χ0v) is 21.9. The Hall–Kier alpha value is -4.23. The van der Waals surface area contributed by atoms with E-state index in [2.05, 4.69) is 38.3 Å². The Morgan fingerprint density at radius 1 is 1.00 bits per heavy atom. The Labute approximate surface area is 225 Å². The molecule has 1 aliphatic rings. The van der Waals surface area contributed by atoms with Crippen LogP contribution in [-0.2, 0) is 18.5 Å². The topological polar surface area (TPSA) is 81.8 Å². The molecule has 3 heterocycles. The minimum Gasteiger partial charge on any atom is -0.341 e. The number of nitrogens with zero attached hydrogens (tertiary/aromatic N) is 4. The van der Waals surface area contributed by atoms with Gasteiger partial charge in [-0.05, 0) is 62.6 Å². The van der Waals surface area contributed by atoms with Gasteiger partial charge in [0.1, 0.15) is 12.7 Å². The molecule has 1 atom stereocenters. The number of nitrogens with one attached hydrogen (secondary N) is 1. The molecule has 190 valence electrons.